The van der Waals surface area contributed by atoms with Gasteiger partial charge in [0, 0.05) is 19.4 Å². The van der Waals surface area contributed by atoms with Gasteiger partial charge in [0.25, 0.3) is 0 Å². The summed E-state index contributed by atoms with van der Waals surface area (Å²) in [5, 5.41) is 0. The lowest BCUT2D eigenvalue weighted by Crippen LogP contribution is -2.15. The molecule has 0 aliphatic carbocycles. The molecule has 0 radical (unpaired) electrons. The molecule has 3 rings (SSSR count). The topological polar surface area (TPSA) is 69.9 Å². The fourth-order valence-electron chi connectivity index (χ4n) is 2.05. The van der Waals surface area contributed by atoms with Crippen LogP contribution in [0.1, 0.15) is 11.5 Å². The van der Waals surface area contributed by atoms with Crippen LogP contribution in [-0.4, -0.2) is 21.1 Å². The standard InChI is InChI=1S/C10H12N4O/c11-3-1-9-12-5-8-10-7(13-6-15-10)2-4-14(8)9/h5-6H,1-4,11H2. The molecule has 78 valence electrons. The van der Waals surface area contributed by atoms with Crippen molar-refractivity contribution in [3.63, 3.8) is 0 Å². The van der Waals surface area contributed by atoms with E-state index in [1.54, 1.807) is 0 Å². The Bertz CT molecular complexity index is 485. The van der Waals surface area contributed by atoms with Crippen molar-refractivity contribution in [1.82, 2.24) is 14.5 Å². The third kappa shape index (κ3) is 1.20. The monoisotopic (exact) mass is 204 g/mol. The van der Waals surface area contributed by atoms with E-state index in [1.807, 2.05) is 6.20 Å². The molecule has 0 unspecified atom stereocenters. The zero-order valence-electron chi connectivity index (χ0n) is 8.31. The second-order valence-corrected chi connectivity index (χ2v) is 3.63. The van der Waals surface area contributed by atoms with Crippen molar-refractivity contribution in [2.24, 2.45) is 5.73 Å². The molecule has 5 nitrogen and oxygen atoms in total. The third-order valence-electron chi connectivity index (χ3n) is 2.75. The molecule has 0 bridgehead atoms. The molecule has 0 saturated heterocycles. The van der Waals surface area contributed by atoms with Gasteiger partial charge >= 0.3 is 0 Å². The SMILES string of the molecule is NCCc1ncc2n1CCc1ncoc1-2. The van der Waals surface area contributed by atoms with Crippen LogP contribution in [0.4, 0.5) is 0 Å². The number of nitrogens with two attached hydrogens (primary N) is 1. The summed E-state index contributed by atoms with van der Waals surface area (Å²) in [6, 6.07) is 0. The van der Waals surface area contributed by atoms with Crippen LogP contribution in [0.25, 0.3) is 11.5 Å². The molecule has 0 spiro atoms. The Balaban J connectivity index is 2.11. The molecule has 0 aromatic carbocycles. The number of hydrogen-bond donors (Lipinski definition) is 1. The number of fused-ring (bicyclic) bond motifs is 3. The highest BCUT2D eigenvalue weighted by atomic mass is 16.3. The summed E-state index contributed by atoms with van der Waals surface area (Å²) in [6.07, 6.45) is 5.06. The molecule has 2 aromatic heterocycles. The van der Waals surface area contributed by atoms with E-state index in [0.717, 1.165) is 42.4 Å². The molecule has 0 atom stereocenters. The number of oxazole rings is 1. The number of rotatable bonds is 2. The Kier molecular flexibility index (Phi) is 1.85. The number of nitrogens with zero attached hydrogens (tertiary/aromatic N) is 3. The Morgan fingerprint density at radius 1 is 1.47 bits per heavy atom. The molecule has 1 aliphatic rings. The van der Waals surface area contributed by atoms with Crippen LogP contribution >= 0.6 is 0 Å². The van der Waals surface area contributed by atoms with E-state index in [2.05, 4.69) is 14.5 Å². The number of aromatic nitrogens is 3. The normalized spacial score (nSPS) is 13.7. The Hall–Kier alpha value is -1.62. The Morgan fingerprint density at radius 3 is 3.27 bits per heavy atom. The molecule has 5 heteroatoms. The highest BCUT2D eigenvalue weighted by Crippen LogP contribution is 2.29. The molecule has 3 heterocycles. The predicted molar refractivity (Wildman–Crippen MR) is 54.2 cm³/mol. The van der Waals surface area contributed by atoms with E-state index in [4.69, 9.17) is 10.2 Å². The minimum atomic E-state index is 0.625. The highest BCUT2D eigenvalue weighted by Gasteiger charge is 2.22. The van der Waals surface area contributed by atoms with Gasteiger partial charge in [0.1, 0.15) is 11.5 Å². The summed E-state index contributed by atoms with van der Waals surface area (Å²) in [5.74, 6) is 1.89. The van der Waals surface area contributed by atoms with Gasteiger partial charge in [0.2, 0.25) is 0 Å². The van der Waals surface area contributed by atoms with Gasteiger partial charge in [-0.05, 0) is 6.54 Å². The zero-order valence-corrected chi connectivity index (χ0v) is 8.31. The van der Waals surface area contributed by atoms with Gasteiger partial charge in [-0.2, -0.15) is 0 Å². The number of hydrogen-bond acceptors (Lipinski definition) is 4. The van der Waals surface area contributed by atoms with Gasteiger partial charge in [0.05, 0.1) is 11.9 Å². The molecule has 0 amide bonds. The first-order valence-electron chi connectivity index (χ1n) is 5.07. The van der Waals surface area contributed by atoms with E-state index in [0.29, 0.717) is 6.54 Å². The molecule has 0 fully saturated rings. The van der Waals surface area contributed by atoms with Crippen molar-refractivity contribution in [3.8, 4) is 11.5 Å². The van der Waals surface area contributed by atoms with E-state index in [9.17, 15) is 0 Å². The average Bonchev–Trinajstić information content (AvgIpc) is 2.83. The summed E-state index contributed by atoms with van der Waals surface area (Å²) in [6.45, 7) is 1.55. The number of imidazole rings is 1. The summed E-state index contributed by atoms with van der Waals surface area (Å²) >= 11 is 0. The molecular formula is C10H12N4O. The zero-order chi connectivity index (χ0) is 10.3. The van der Waals surface area contributed by atoms with Gasteiger partial charge < -0.3 is 14.7 Å². The van der Waals surface area contributed by atoms with Gasteiger partial charge in [-0.25, -0.2) is 9.97 Å². The lowest BCUT2D eigenvalue weighted by Gasteiger charge is -2.14. The maximum Gasteiger partial charge on any atom is 0.181 e. The lowest BCUT2D eigenvalue weighted by molar-refractivity contribution is 0.547. The van der Waals surface area contributed by atoms with Crippen molar-refractivity contribution in [1.29, 1.82) is 0 Å². The Morgan fingerprint density at radius 2 is 2.40 bits per heavy atom. The van der Waals surface area contributed by atoms with Gasteiger partial charge in [-0.1, -0.05) is 0 Å². The molecule has 0 saturated carbocycles. The fraction of sp³-hybridized carbons (Fsp3) is 0.400. The van der Waals surface area contributed by atoms with Crippen molar-refractivity contribution in [2.75, 3.05) is 6.54 Å². The molecule has 2 aromatic rings. The van der Waals surface area contributed by atoms with E-state index in [-0.39, 0.29) is 0 Å². The van der Waals surface area contributed by atoms with E-state index < -0.39 is 0 Å². The van der Waals surface area contributed by atoms with Crippen molar-refractivity contribution in [2.45, 2.75) is 19.4 Å². The van der Waals surface area contributed by atoms with Crippen LogP contribution in [0, 0.1) is 0 Å². The van der Waals surface area contributed by atoms with Crippen LogP contribution in [0.3, 0.4) is 0 Å². The third-order valence-corrected chi connectivity index (χ3v) is 2.75. The highest BCUT2D eigenvalue weighted by molar-refractivity contribution is 5.56. The Labute approximate surface area is 86.9 Å². The number of aryl methyl sites for hydroxylation is 1. The van der Waals surface area contributed by atoms with Crippen LogP contribution in [0.15, 0.2) is 17.0 Å². The largest absolute Gasteiger partial charge is 0.442 e. The van der Waals surface area contributed by atoms with Crippen LogP contribution in [0.5, 0.6) is 0 Å². The molecule has 2 N–H and O–H groups in total. The first kappa shape index (κ1) is 8.67. The van der Waals surface area contributed by atoms with Gasteiger partial charge in [-0.3, -0.25) is 0 Å². The predicted octanol–water partition coefficient (Wildman–Crippen LogP) is 0.595. The molecular weight excluding hydrogens is 192 g/mol. The van der Waals surface area contributed by atoms with E-state index in [1.165, 1.54) is 6.39 Å². The van der Waals surface area contributed by atoms with Gasteiger partial charge in [-0.15, -0.1) is 0 Å². The van der Waals surface area contributed by atoms with Crippen LogP contribution in [-0.2, 0) is 19.4 Å². The van der Waals surface area contributed by atoms with Crippen molar-refractivity contribution >= 4 is 0 Å². The minimum Gasteiger partial charge on any atom is -0.442 e. The lowest BCUT2D eigenvalue weighted by atomic mass is 10.1. The fourth-order valence-corrected chi connectivity index (χ4v) is 2.05. The van der Waals surface area contributed by atoms with E-state index >= 15 is 0 Å². The van der Waals surface area contributed by atoms with Crippen LogP contribution in [0.2, 0.25) is 0 Å². The molecule has 15 heavy (non-hydrogen) atoms. The summed E-state index contributed by atoms with van der Waals surface area (Å²) in [5.41, 5.74) is 7.59. The summed E-state index contributed by atoms with van der Waals surface area (Å²) in [4.78, 5) is 8.54. The first-order valence-corrected chi connectivity index (χ1v) is 5.07. The summed E-state index contributed by atoms with van der Waals surface area (Å²) in [7, 11) is 0. The molecule has 1 aliphatic heterocycles. The van der Waals surface area contributed by atoms with Crippen molar-refractivity contribution in [3.05, 3.63) is 24.1 Å². The average molecular weight is 204 g/mol. The summed E-state index contributed by atoms with van der Waals surface area (Å²) < 4.78 is 7.54. The second-order valence-electron chi connectivity index (χ2n) is 3.63. The van der Waals surface area contributed by atoms with Crippen LogP contribution < -0.4 is 5.73 Å². The smallest absolute Gasteiger partial charge is 0.181 e. The van der Waals surface area contributed by atoms with Gasteiger partial charge in [0.15, 0.2) is 12.2 Å². The maximum atomic E-state index is 5.54. The quantitative estimate of drug-likeness (QED) is 0.777. The second kappa shape index (κ2) is 3.20. The first-order chi connectivity index (χ1) is 7.40. The van der Waals surface area contributed by atoms with Crippen molar-refractivity contribution < 1.29 is 4.42 Å². The minimum absolute atomic E-state index is 0.625. The maximum absolute atomic E-state index is 5.54.